The van der Waals surface area contributed by atoms with Crippen LogP contribution < -0.4 is 11.2 Å². The van der Waals surface area contributed by atoms with Gasteiger partial charge in [0.25, 0.3) is 0 Å². The zero-order valence-electron chi connectivity index (χ0n) is 8.26. The number of hydrogen-bond acceptors (Lipinski definition) is 2. The van der Waals surface area contributed by atoms with Crippen LogP contribution in [0, 0.1) is 0 Å². The first kappa shape index (κ1) is 10.2. The first-order valence-electron chi connectivity index (χ1n) is 4.60. The van der Waals surface area contributed by atoms with Crippen molar-refractivity contribution in [1.82, 2.24) is 5.43 Å². The summed E-state index contributed by atoms with van der Waals surface area (Å²) in [5, 5.41) is 3.96. The van der Waals surface area contributed by atoms with E-state index in [1.165, 1.54) is 12.1 Å². The average molecular weight is 199 g/mol. The minimum atomic E-state index is -0.913. The van der Waals surface area contributed by atoms with Crippen LogP contribution in [-0.4, -0.2) is 19.8 Å². The zero-order valence-corrected chi connectivity index (χ0v) is 9.26. The standard InChI is InChI=1S/C8H17N3OSi/c1-13(2)5-3-7(4-6-13)10-11-8(9)12/h3-6H2,1-2H3,(H3,9,11,12). The SMILES string of the molecule is C[Si]1(C)CCC(=NNC(N)=O)CC1. The van der Waals surface area contributed by atoms with Crippen LogP contribution in [0.2, 0.25) is 25.2 Å². The van der Waals surface area contributed by atoms with Gasteiger partial charge >= 0.3 is 6.03 Å². The first-order valence-corrected chi connectivity index (χ1v) is 8.02. The lowest BCUT2D eigenvalue weighted by atomic mass is 10.2. The molecule has 0 aromatic carbocycles. The number of nitrogens with two attached hydrogens (primary N) is 1. The molecule has 0 spiro atoms. The van der Waals surface area contributed by atoms with Crippen molar-refractivity contribution in [3.8, 4) is 0 Å². The molecule has 0 aromatic rings. The van der Waals surface area contributed by atoms with Crippen molar-refractivity contribution in [2.24, 2.45) is 10.8 Å². The number of rotatable bonds is 1. The molecule has 3 N–H and O–H groups in total. The van der Waals surface area contributed by atoms with E-state index >= 15 is 0 Å². The third kappa shape index (κ3) is 3.58. The van der Waals surface area contributed by atoms with Gasteiger partial charge in [-0.1, -0.05) is 25.2 Å². The average Bonchev–Trinajstić information content (AvgIpc) is 2.02. The number of carbonyl (C=O) groups is 1. The Labute approximate surface area is 79.6 Å². The number of primary amides is 1. The van der Waals surface area contributed by atoms with Crippen molar-refractivity contribution in [2.45, 2.75) is 38.0 Å². The molecule has 0 atom stereocenters. The fraction of sp³-hybridized carbons (Fsp3) is 0.750. The zero-order chi connectivity index (χ0) is 9.90. The number of nitrogens with one attached hydrogen (secondary N) is 1. The third-order valence-electron chi connectivity index (χ3n) is 2.50. The second-order valence-electron chi connectivity index (χ2n) is 4.32. The highest BCUT2D eigenvalue weighted by atomic mass is 28.3. The predicted molar refractivity (Wildman–Crippen MR) is 56.5 cm³/mol. The van der Waals surface area contributed by atoms with Crippen LogP contribution in [0.3, 0.4) is 0 Å². The van der Waals surface area contributed by atoms with E-state index in [0.29, 0.717) is 0 Å². The molecule has 1 rings (SSSR count). The van der Waals surface area contributed by atoms with Crippen molar-refractivity contribution in [2.75, 3.05) is 0 Å². The molecule has 0 bridgehead atoms. The van der Waals surface area contributed by atoms with E-state index in [4.69, 9.17) is 5.73 Å². The van der Waals surface area contributed by atoms with Gasteiger partial charge in [-0.05, 0) is 12.8 Å². The van der Waals surface area contributed by atoms with Crippen LogP contribution in [0.15, 0.2) is 5.10 Å². The molecule has 2 amide bonds. The van der Waals surface area contributed by atoms with Crippen molar-refractivity contribution in [1.29, 1.82) is 0 Å². The summed E-state index contributed by atoms with van der Waals surface area (Å²) < 4.78 is 0. The lowest BCUT2D eigenvalue weighted by Gasteiger charge is -2.27. The van der Waals surface area contributed by atoms with E-state index in [-0.39, 0.29) is 0 Å². The molecular weight excluding hydrogens is 182 g/mol. The fourth-order valence-corrected chi connectivity index (χ4v) is 3.64. The maximum absolute atomic E-state index is 10.4. The summed E-state index contributed by atoms with van der Waals surface area (Å²) in [5.74, 6) is 0. The normalized spacial score (nSPS) is 20.9. The summed E-state index contributed by atoms with van der Waals surface area (Å²) >= 11 is 0. The van der Waals surface area contributed by atoms with Crippen LogP contribution in [0.4, 0.5) is 4.79 Å². The first-order chi connectivity index (χ1) is 5.99. The van der Waals surface area contributed by atoms with Crippen molar-refractivity contribution < 1.29 is 4.79 Å². The Morgan fingerprint density at radius 1 is 1.46 bits per heavy atom. The third-order valence-corrected chi connectivity index (χ3v) is 5.71. The Morgan fingerprint density at radius 2 is 2.00 bits per heavy atom. The molecule has 74 valence electrons. The lowest BCUT2D eigenvalue weighted by molar-refractivity contribution is 0.249. The van der Waals surface area contributed by atoms with E-state index in [1.54, 1.807) is 0 Å². The minimum absolute atomic E-state index is 0.574. The molecule has 1 heterocycles. The van der Waals surface area contributed by atoms with Gasteiger partial charge in [-0.15, -0.1) is 0 Å². The number of nitrogens with zero attached hydrogens (tertiary/aromatic N) is 1. The maximum Gasteiger partial charge on any atom is 0.332 e. The van der Waals surface area contributed by atoms with Crippen molar-refractivity contribution in [3.63, 3.8) is 0 Å². The number of carbonyl (C=O) groups excluding carboxylic acids is 1. The van der Waals surface area contributed by atoms with Crippen molar-refractivity contribution >= 4 is 19.8 Å². The van der Waals surface area contributed by atoms with Crippen molar-refractivity contribution in [3.05, 3.63) is 0 Å². The Balaban J connectivity index is 2.40. The quantitative estimate of drug-likeness (QED) is 0.488. The molecule has 0 radical (unpaired) electrons. The largest absolute Gasteiger partial charge is 0.350 e. The smallest absolute Gasteiger partial charge is 0.332 e. The fourth-order valence-electron chi connectivity index (χ4n) is 1.46. The summed E-state index contributed by atoms with van der Waals surface area (Å²) in [7, 11) is -0.913. The van der Waals surface area contributed by atoms with Crippen LogP contribution in [0.1, 0.15) is 12.8 Å². The monoisotopic (exact) mass is 199 g/mol. The van der Waals surface area contributed by atoms with Gasteiger partial charge in [0, 0.05) is 13.8 Å². The van der Waals surface area contributed by atoms with Gasteiger partial charge in [0.05, 0.1) is 0 Å². The molecule has 0 aromatic heterocycles. The van der Waals surface area contributed by atoms with Gasteiger partial charge in [-0.25, -0.2) is 10.2 Å². The van der Waals surface area contributed by atoms with Gasteiger partial charge in [0.1, 0.15) is 0 Å². The molecule has 1 aliphatic rings. The summed E-state index contributed by atoms with van der Waals surface area (Å²) in [6.07, 6.45) is 2.05. The van der Waals surface area contributed by atoms with Crippen LogP contribution in [0.25, 0.3) is 0 Å². The Bertz CT molecular complexity index is 226. The second-order valence-corrected chi connectivity index (χ2v) is 9.65. The second kappa shape index (κ2) is 3.91. The molecule has 4 nitrogen and oxygen atoms in total. The maximum atomic E-state index is 10.4. The van der Waals surface area contributed by atoms with E-state index in [0.717, 1.165) is 18.6 Å². The molecule has 13 heavy (non-hydrogen) atoms. The Morgan fingerprint density at radius 3 is 2.46 bits per heavy atom. The minimum Gasteiger partial charge on any atom is -0.350 e. The summed E-state index contributed by atoms with van der Waals surface area (Å²) in [6.45, 7) is 4.79. The molecule has 0 unspecified atom stereocenters. The topological polar surface area (TPSA) is 67.5 Å². The van der Waals surface area contributed by atoms with E-state index in [2.05, 4.69) is 23.6 Å². The highest BCUT2D eigenvalue weighted by molar-refractivity contribution is 6.78. The number of urea groups is 1. The lowest BCUT2D eigenvalue weighted by Crippen LogP contribution is -2.33. The van der Waals surface area contributed by atoms with E-state index in [1.807, 2.05) is 0 Å². The molecule has 1 fully saturated rings. The molecule has 0 aliphatic carbocycles. The van der Waals surface area contributed by atoms with Crippen LogP contribution >= 0.6 is 0 Å². The van der Waals surface area contributed by atoms with Gasteiger partial charge in [-0.3, -0.25) is 0 Å². The molecule has 1 saturated heterocycles. The van der Waals surface area contributed by atoms with Gasteiger partial charge in [-0.2, -0.15) is 5.10 Å². The molecule has 1 aliphatic heterocycles. The van der Waals surface area contributed by atoms with Crippen LogP contribution in [-0.2, 0) is 0 Å². The number of amides is 2. The highest BCUT2D eigenvalue weighted by Crippen LogP contribution is 2.26. The number of hydrazone groups is 1. The van der Waals surface area contributed by atoms with E-state index < -0.39 is 14.1 Å². The van der Waals surface area contributed by atoms with Crippen LogP contribution in [0.5, 0.6) is 0 Å². The van der Waals surface area contributed by atoms with Gasteiger partial charge in [0.2, 0.25) is 0 Å². The Kier molecular flexibility index (Phi) is 3.08. The highest BCUT2D eigenvalue weighted by Gasteiger charge is 2.26. The summed E-state index contributed by atoms with van der Waals surface area (Å²) in [5.41, 5.74) is 8.29. The summed E-state index contributed by atoms with van der Waals surface area (Å²) in [6, 6.07) is 1.97. The molecule has 5 heteroatoms. The molecular formula is C8H17N3OSi. The van der Waals surface area contributed by atoms with Gasteiger partial charge < -0.3 is 5.73 Å². The number of hydrogen-bond donors (Lipinski definition) is 2. The van der Waals surface area contributed by atoms with Gasteiger partial charge in [0.15, 0.2) is 0 Å². The Hall–Kier alpha value is -0.843. The predicted octanol–water partition coefficient (Wildman–Crippen LogP) is 1.51. The summed E-state index contributed by atoms with van der Waals surface area (Å²) in [4.78, 5) is 10.4. The molecule has 0 saturated carbocycles. The van der Waals surface area contributed by atoms with E-state index in [9.17, 15) is 4.79 Å².